The van der Waals surface area contributed by atoms with E-state index < -0.39 is 5.97 Å². The Labute approximate surface area is 139 Å². The molecule has 0 saturated carbocycles. The lowest BCUT2D eigenvalue weighted by atomic mass is 10.1. The third kappa shape index (κ3) is 3.89. The highest BCUT2D eigenvalue weighted by Gasteiger charge is 2.17. The summed E-state index contributed by atoms with van der Waals surface area (Å²) in [5.74, 6) is 0.736. The maximum absolute atomic E-state index is 12.5. The van der Waals surface area contributed by atoms with Gasteiger partial charge in [-0.15, -0.1) is 0 Å². The number of benzene rings is 2. The molecule has 0 aromatic heterocycles. The fourth-order valence-electron chi connectivity index (χ4n) is 2.11. The molecule has 0 aliphatic carbocycles. The number of para-hydroxylation sites is 1. The first-order valence-electron chi connectivity index (χ1n) is 7.23. The highest BCUT2D eigenvalue weighted by molar-refractivity contribution is 9.10. The molecule has 0 saturated heterocycles. The van der Waals surface area contributed by atoms with Crippen molar-refractivity contribution in [2.24, 2.45) is 0 Å². The van der Waals surface area contributed by atoms with Crippen LogP contribution in [0.5, 0.6) is 11.5 Å². The van der Waals surface area contributed by atoms with Gasteiger partial charge in [0.2, 0.25) is 0 Å². The highest BCUT2D eigenvalue weighted by atomic mass is 79.9. The van der Waals surface area contributed by atoms with E-state index in [2.05, 4.69) is 15.9 Å². The third-order valence-corrected chi connectivity index (χ3v) is 3.72. The number of ether oxygens (including phenoxy) is 2. The van der Waals surface area contributed by atoms with Gasteiger partial charge < -0.3 is 9.47 Å². The summed E-state index contributed by atoms with van der Waals surface area (Å²) in [4.78, 5) is 12.5. The molecule has 22 heavy (non-hydrogen) atoms. The van der Waals surface area contributed by atoms with Crippen LogP contribution in [0.3, 0.4) is 0 Å². The van der Waals surface area contributed by atoms with E-state index in [1.54, 1.807) is 12.1 Å². The standard InChI is InChI=1S/C18H19BrO3/c1-4-10-21-16-9-8-14(19)11-15(16)18(20)22-17-12(2)6-5-7-13(17)3/h5-9,11H,4,10H2,1-3H3. The number of hydrogen-bond donors (Lipinski definition) is 0. The number of carbonyl (C=O) groups is 1. The summed E-state index contributed by atoms with van der Waals surface area (Å²) in [6.45, 7) is 6.43. The van der Waals surface area contributed by atoms with Crippen molar-refractivity contribution < 1.29 is 14.3 Å². The second-order valence-corrected chi connectivity index (χ2v) is 6.02. The molecule has 2 aromatic carbocycles. The Morgan fingerprint density at radius 1 is 1.14 bits per heavy atom. The van der Waals surface area contributed by atoms with Crippen LogP contribution in [0.2, 0.25) is 0 Å². The minimum atomic E-state index is -0.412. The van der Waals surface area contributed by atoms with E-state index >= 15 is 0 Å². The molecule has 116 valence electrons. The van der Waals surface area contributed by atoms with Gasteiger partial charge in [0, 0.05) is 4.47 Å². The van der Waals surface area contributed by atoms with Gasteiger partial charge in [0.15, 0.2) is 0 Å². The van der Waals surface area contributed by atoms with Gasteiger partial charge in [0.1, 0.15) is 17.1 Å². The number of hydrogen-bond acceptors (Lipinski definition) is 3. The first kappa shape index (κ1) is 16.6. The molecule has 0 aliphatic rings. The van der Waals surface area contributed by atoms with E-state index in [0.29, 0.717) is 23.7 Å². The molecule has 0 spiro atoms. The Bertz CT molecular complexity index is 660. The molecule has 2 aromatic rings. The summed E-state index contributed by atoms with van der Waals surface area (Å²) in [5, 5.41) is 0. The van der Waals surface area contributed by atoms with Gasteiger partial charge in [0.05, 0.1) is 6.61 Å². The lowest BCUT2D eigenvalue weighted by molar-refractivity contribution is 0.0727. The van der Waals surface area contributed by atoms with Gasteiger partial charge in [-0.25, -0.2) is 4.79 Å². The predicted molar refractivity (Wildman–Crippen MR) is 90.8 cm³/mol. The van der Waals surface area contributed by atoms with Crippen LogP contribution >= 0.6 is 15.9 Å². The quantitative estimate of drug-likeness (QED) is 0.549. The van der Waals surface area contributed by atoms with Crippen LogP contribution in [0.25, 0.3) is 0 Å². The van der Waals surface area contributed by atoms with Gasteiger partial charge in [-0.2, -0.15) is 0 Å². The Morgan fingerprint density at radius 2 is 1.82 bits per heavy atom. The molecule has 0 N–H and O–H groups in total. The van der Waals surface area contributed by atoms with Crippen LogP contribution < -0.4 is 9.47 Å². The zero-order valence-electron chi connectivity index (χ0n) is 13.0. The van der Waals surface area contributed by atoms with Crippen LogP contribution in [0.4, 0.5) is 0 Å². The molecule has 4 heteroatoms. The van der Waals surface area contributed by atoms with E-state index in [9.17, 15) is 4.79 Å². The highest BCUT2D eigenvalue weighted by Crippen LogP contribution is 2.28. The Kier molecular flexibility index (Phi) is 5.61. The zero-order chi connectivity index (χ0) is 16.1. The smallest absolute Gasteiger partial charge is 0.347 e. The van der Waals surface area contributed by atoms with Crippen molar-refractivity contribution in [2.45, 2.75) is 27.2 Å². The normalized spacial score (nSPS) is 10.4. The summed E-state index contributed by atoms with van der Waals surface area (Å²) in [5.41, 5.74) is 2.28. The van der Waals surface area contributed by atoms with E-state index in [0.717, 1.165) is 22.0 Å². The Morgan fingerprint density at radius 3 is 2.45 bits per heavy atom. The van der Waals surface area contributed by atoms with Crippen molar-refractivity contribution in [1.29, 1.82) is 0 Å². The number of carbonyl (C=O) groups excluding carboxylic acids is 1. The number of aryl methyl sites for hydroxylation is 2. The second-order valence-electron chi connectivity index (χ2n) is 5.10. The molecule has 0 bridgehead atoms. The fraction of sp³-hybridized carbons (Fsp3) is 0.278. The van der Waals surface area contributed by atoms with Gasteiger partial charge in [0.25, 0.3) is 0 Å². The maximum Gasteiger partial charge on any atom is 0.347 e. The molecule has 0 atom stereocenters. The third-order valence-electron chi connectivity index (χ3n) is 3.23. The molecule has 2 rings (SSSR count). The maximum atomic E-state index is 12.5. The van der Waals surface area contributed by atoms with Crippen molar-refractivity contribution >= 4 is 21.9 Å². The van der Waals surface area contributed by atoms with Gasteiger partial charge in [-0.05, 0) is 49.6 Å². The molecule has 0 unspecified atom stereocenters. The predicted octanol–water partition coefficient (Wildman–Crippen LogP) is 5.07. The van der Waals surface area contributed by atoms with Crippen LogP contribution in [0.15, 0.2) is 40.9 Å². The van der Waals surface area contributed by atoms with Crippen LogP contribution in [0.1, 0.15) is 34.8 Å². The first-order valence-corrected chi connectivity index (χ1v) is 8.03. The average molecular weight is 363 g/mol. The molecule has 0 fully saturated rings. The molecule has 0 amide bonds. The summed E-state index contributed by atoms with van der Waals surface area (Å²) < 4.78 is 12.0. The largest absolute Gasteiger partial charge is 0.493 e. The van der Waals surface area contributed by atoms with Crippen LogP contribution in [0, 0.1) is 13.8 Å². The monoisotopic (exact) mass is 362 g/mol. The zero-order valence-corrected chi connectivity index (χ0v) is 14.6. The molecule has 0 heterocycles. The van der Waals surface area contributed by atoms with Crippen LogP contribution in [-0.4, -0.2) is 12.6 Å². The van der Waals surface area contributed by atoms with Crippen molar-refractivity contribution in [3.8, 4) is 11.5 Å². The van der Waals surface area contributed by atoms with Crippen molar-refractivity contribution in [1.82, 2.24) is 0 Å². The van der Waals surface area contributed by atoms with Crippen molar-refractivity contribution in [3.05, 3.63) is 57.6 Å². The van der Waals surface area contributed by atoms with Crippen LogP contribution in [-0.2, 0) is 0 Å². The summed E-state index contributed by atoms with van der Waals surface area (Å²) >= 11 is 3.38. The number of halogens is 1. The molecular weight excluding hydrogens is 344 g/mol. The molecule has 0 radical (unpaired) electrons. The molecule has 3 nitrogen and oxygen atoms in total. The Hall–Kier alpha value is -1.81. The van der Waals surface area contributed by atoms with Gasteiger partial charge >= 0.3 is 5.97 Å². The van der Waals surface area contributed by atoms with E-state index in [4.69, 9.17) is 9.47 Å². The minimum Gasteiger partial charge on any atom is -0.493 e. The molecular formula is C18H19BrO3. The van der Waals surface area contributed by atoms with Gasteiger partial charge in [-0.3, -0.25) is 0 Å². The topological polar surface area (TPSA) is 35.5 Å². The lowest BCUT2D eigenvalue weighted by Crippen LogP contribution is -2.12. The summed E-state index contributed by atoms with van der Waals surface area (Å²) in [6, 6.07) is 11.1. The van der Waals surface area contributed by atoms with E-state index in [1.807, 2.05) is 45.0 Å². The fourth-order valence-corrected chi connectivity index (χ4v) is 2.47. The number of esters is 1. The number of rotatable bonds is 5. The Balaban J connectivity index is 2.31. The summed E-state index contributed by atoms with van der Waals surface area (Å²) in [6.07, 6.45) is 0.876. The van der Waals surface area contributed by atoms with E-state index in [-0.39, 0.29) is 0 Å². The first-order chi connectivity index (χ1) is 10.5. The summed E-state index contributed by atoms with van der Waals surface area (Å²) in [7, 11) is 0. The van der Waals surface area contributed by atoms with Gasteiger partial charge in [-0.1, -0.05) is 41.1 Å². The van der Waals surface area contributed by atoms with Crippen molar-refractivity contribution in [3.63, 3.8) is 0 Å². The lowest BCUT2D eigenvalue weighted by Gasteiger charge is -2.13. The SMILES string of the molecule is CCCOc1ccc(Br)cc1C(=O)Oc1c(C)cccc1C. The molecule has 0 aliphatic heterocycles. The van der Waals surface area contributed by atoms with Crippen molar-refractivity contribution in [2.75, 3.05) is 6.61 Å². The average Bonchev–Trinajstić information content (AvgIpc) is 2.49. The van der Waals surface area contributed by atoms with E-state index in [1.165, 1.54) is 0 Å². The second kappa shape index (κ2) is 7.45. The minimum absolute atomic E-state index is 0.412.